The largest absolute Gasteiger partial charge is 0.476 e. The van der Waals surface area contributed by atoms with Crippen LogP contribution in [0.15, 0.2) is 24.3 Å². The molecule has 0 aliphatic heterocycles. The lowest BCUT2D eigenvalue weighted by molar-refractivity contribution is 0.0689. The third-order valence-electron chi connectivity index (χ3n) is 2.65. The van der Waals surface area contributed by atoms with Crippen LogP contribution in [-0.2, 0) is 13.0 Å². The molecule has 0 saturated heterocycles. The number of hydrogen-bond donors (Lipinski definition) is 1. The topological polar surface area (TPSA) is 68.0 Å². The van der Waals surface area contributed by atoms with Crippen LogP contribution in [-0.4, -0.2) is 32.7 Å². The van der Waals surface area contributed by atoms with Gasteiger partial charge in [0, 0.05) is 11.4 Å². The summed E-state index contributed by atoms with van der Waals surface area (Å²) in [6.07, 6.45) is 0.244. The zero-order chi connectivity index (χ0) is 13.8. The van der Waals surface area contributed by atoms with Crippen molar-refractivity contribution in [3.05, 3.63) is 46.2 Å². The van der Waals surface area contributed by atoms with E-state index in [0.717, 1.165) is 5.56 Å². The molecular weight excluding hydrogens is 273 g/mol. The van der Waals surface area contributed by atoms with Crippen molar-refractivity contribution in [2.75, 3.05) is 6.67 Å². The Balaban J connectivity index is 2.40. The normalized spacial score (nSPS) is 10.6. The van der Waals surface area contributed by atoms with Gasteiger partial charge in [0.1, 0.15) is 6.67 Å². The highest BCUT2D eigenvalue weighted by Crippen LogP contribution is 2.20. The fourth-order valence-corrected chi connectivity index (χ4v) is 1.96. The first-order valence-electron chi connectivity index (χ1n) is 5.58. The molecule has 0 aliphatic carbocycles. The maximum atomic E-state index is 12.4. The highest BCUT2D eigenvalue weighted by molar-refractivity contribution is 6.31. The molecule has 0 radical (unpaired) electrons. The summed E-state index contributed by atoms with van der Waals surface area (Å²) in [6.45, 7) is -0.669. The average Bonchev–Trinajstić information content (AvgIpc) is 2.76. The number of nitrogens with zero attached hydrogens (tertiary/aromatic N) is 3. The van der Waals surface area contributed by atoms with Crippen molar-refractivity contribution in [1.82, 2.24) is 15.0 Å². The Kier molecular flexibility index (Phi) is 4.11. The SMILES string of the molecule is O=C(O)c1nnn(CCF)c1Cc1ccccc1Cl. The van der Waals surface area contributed by atoms with Crippen LogP contribution in [0.4, 0.5) is 4.39 Å². The van der Waals surface area contributed by atoms with E-state index in [1.54, 1.807) is 24.3 Å². The Morgan fingerprint density at radius 2 is 2.16 bits per heavy atom. The van der Waals surface area contributed by atoms with Crippen molar-refractivity contribution >= 4 is 17.6 Å². The molecule has 0 atom stereocenters. The summed E-state index contributed by atoms with van der Waals surface area (Å²) in [4.78, 5) is 11.1. The van der Waals surface area contributed by atoms with Crippen LogP contribution in [0.2, 0.25) is 5.02 Å². The number of rotatable bonds is 5. The number of hydrogen-bond acceptors (Lipinski definition) is 3. The van der Waals surface area contributed by atoms with Gasteiger partial charge in [0.05, 0.1) is 12.2 Å². The predicted octanol–water partition coefficient (Wildman–Crippen LogP) is 2.19. The molecule has 0 unspecified atom stereocenters. The number of aromatic carboxylic acids is 1. The monoisotopic (exact) mass is 283 g/mol. The lowest BCUT2D eigenvalue weighted by Crippen LogP contribution is -2.10. The summed E-state index contributed by atoms with van der Waals surface area (Å²) in [6, 6.07) is 7.06. The molecule has 0 saturated carbocycles. The number of benzene rings is 1. The molecule has 0 aliphatic rings. The molecular formula is C12H11ClFN3O2. The Hall–Kier alpha value is -1.95. The maximum absolute atomic E-state index is 12.4. The first-order chi connectivity index (χ1) is 9.13. The van der Waals surface area contributed by atoms with E-state index in [2.05, 4.69) is 10.3 Å². The Labute approximate surface area is 113 Å². The highest BCUT2D eigenvalue weighted by Gasteiger charge is 2.19. The van der Waals surface area contributed by atoms with E-state index in [1.807, 2.05) is 0 Å². The van der Waals surface area contributed by atoms with Gasteiger partial charge in [-0.1, -0.05) is 35.0 Å². The van der Waals surface area contributed by atoms with Crippen molar-refractivity contribution in [3.63, 3.8) is 0 Å². The quantitative estimate of drug-likeness (QED) is 0.913. The van der Waals surface area contributed by atoms with E-state index in [-0.39, 0.29) is 18.7 Å². The van der Waals surface area contributed by atoms with Crippen molar-refractivity contribution in [2.24, 2.45) is 0 Å². The minimum absolute atomic E-state index is 0.0277. The summed E-state index contributed by atoms with van der Waals surface area (Å²) >= 11 is 6.03. The van der Waals surface area contributed by atoms with Gasteiger partial charge in [0.25, 0.3) is 0 Å². The van der Waals surface area contributed by atoms with E-state index in [1.165, 1.54) is 4.68 Å². The van der Waals surface area contributed by atoms with Crippen molar-refractivity contribution in [2.45, 2.75) is 13.0 Å². The molecule has 19 heavy (non-hydrogen) atoms. The summed E-state index contributed by atoms with van der Waals surface area (Å²) in [5.41, 5.74) is 0.917. The van der Waals surface area contributed by atoms with Gasteiger partial charge in [0.2, 0.25) is 0 Å². The van der Waals surface area contributed by atoms with Gasteiger partial charge in [0.15, 0.2) is 5.69 Å². The number of halogens is 2. The molecule has 0 bridgehead atoms. The third-order valence-corrected chi connectivity index (χ3v) is 3.02. The Morgan fingerprint density at radius 1 is 1.42 bits per heavy atom. The van der Waals surface area contributed by atoms with Gasteiger partial charge < -0.3 is 5.11 Å². The van der Waals surface area contributed by atoms with Crippen LogP contribution in [0.1, 0.15) is 21.7 Å². The van der Waals surface area contributed by atoms with Crippen molar-refractivity contribution in [1.29, 1.82) is 0 Å². The van der Waals surface area contributed by atoms with Crippen LogP contribution in [0.25, 0.3) is 0 Å². The standard InChI is InChI=1S/C12H11ClFN3O2/c13-9-4-2-1-3-8(9)7-10-11(12(18)19)15-16-17(10)6-5-14/h1-4H,5-7H2,(H,18,19). The molecule has 0 amide bonds. The molecule has 1 N–H and O–H groups in total. The van der Waals surface area contributed by atoms with Crippen LogP contribution < -0.4 is 0 Å². The zero-order valence-electron chi connectivity index (χ0n) is 9.88. The summed E-state index contributed by atoms with van der Waals surface area (Å²) in [7, 11) is 0. The summed E-state index contributed by atoms with van der Waals surface area (Å²) in [5.74, 6) is -1.19. The predicted molar refractivity (Wildman–Crippen MR) is 67.2 cm³/mol. The van der Waals surface area contributed by atoms with Crippen LogP contribution >= 0.6 is 11.6 Å². The van der Waals surface area contributed by atoms with Gasteiger partial charge in [-0.05, 0) is 11.6 Å². The number of aryl methyl sites for hydroxylation is 1. The Bertz CT molecular complexity index is 600. The smallest absolute Gasteiger partial charge is 0.358 e. The second-order valence-electron chi connectivity index (χ2n) is 3.87. The number of carbonyl (C=O) groups is 1. The van der Waals surface area contributed by atoms with Gasteiger partial charge in [-0.15, -0.1) is 5.10 Å². The highest BCUT2D eigenvalue weighted by atomic mass is 35.5. The van der Waals surface area contributed by atoms with Gasteiger partial charge in [-0.3, -0.25) is 0 Å². The first kappa shape index (κ1) is 13.5. The molecule has 0 spiro atoms. The number of alkyl halides is 1. The van der Waals surface area contributed by atoms with Crippen LogP contribution in [0.5, 0.6) is 0 Å². The second-order valence-corrected chi connectivity index (χ2v) is 4.28. The fraction of sp³-hybridized carbons (Fsp3) is 0.250. The fourth-order valence-electron chi connectivity index (χ4n) is 1.76. The Morgan fingerprint density at radius 3 is 2.79 bits per heavy atom. The number of aromatic nitrogens is 3. The molecule has 2 aromatic rings. The minimum Gasteiger partial charge on any atom is -0.476 e. The molecule has 100 valence electrons. The van der Waals surface area contributed by atoms with Crippen molar-refractivity contribution < 1.29 is 14.3 Å². The lowest BCUT2D eigenvalue weighted by atomic mass is 10.1. The van der Waals surface area contributed by atoms with Gasteiger partial charge in [-0.2, -0.15) is 0 Å². The molecule has 1 aromatic heterocycles. The first-order valence-corrected chi connectivity index (χ1v) is 5.96. The molecule has 5 nitrogen and oxygen atoms in total. The molecule has 1 aromatic carbocycles. The van der Waals surface area contributed by atoms with Crippen LogP contribution in [0, 0.1) is 0 Å². The minimum atomic E-state index is -1.19. The molecule has 2 rings (SSSR count). The van der Waals surface area contributed by atoms with Crippen LogP contribution in [0.3, 0.4) is 0 Å². The molecule has 0 fully saturated rings. The third kappa shape index (κ3) is 2.90. The molecule has 1 heterocycles. The number of carboxylic acid groups (broad SMARTS) is 1. The number of carboxylic acids is 1. The van der Waals surface area contributed by atoms with E-state index in [0.29, 0.717) is 10.7 Å². The van der Waals surface area contributed by atoms with Gasteiger partial charge in [-0.25, -0.2) is 13.9 Å². The van der Waals surface area contributed by atoms with E-state index < -0.39 is 12.6 Å². The average molecular weight is 284 g/mol. The maximum Gasteiger partial charge on any atom is 0.358 e. The van der Waals surface area contributed by atoms with E-state index >= 15 is 0 Å². The van der Waals surface area contributed by atoms with Crippen molar-refractivity contribution in [3.8, 4) is 0 Å². The summed E-state index contributed by atoms with van der Waals surface area (Å²) < 4.78 is 13.7. The molecule has 7 heteroatoms. The zero-order valence-corrected chi connectivity index (χ0v) is 10.6. The van der Waals surface area contributed by atoms with E-state index in [4.69, 9.17) is 16.7 Å². The lowest BCUT2D eigenvalue weighted by Gasteiger charge is -2.06. The van der Waals surface area contributed by atoms with E-state index in [9.17, 15) is 9.18 Å². The summed E-state index contributed by atoms with van der Waals surface area (Å²) in [5, 5.41) is 16.8. The second kappa shape index (κ2) is 5.79. The van der Waals surface area contributed by atoms with Gasteiger partial charge >= 0.3 is 5.97 Å².